The number of aromatic hydroxyl groups is 1. The Kier molecular flexibility index (Phi) is 3.28. The number of nitrogens with two attached hydrogens (primary N) is 1. The van der Waals surface area contributed by atoms with Crippen molar-refractivity contribution in [3.63, 3.8) is 0 Å². The minimum atomic E-state index is -0.734. The number of benzene rings is 1. The Morgan fingerprint density at radius 1 is 1.59 bits per heavy atom. The first-order chi connectivity index (χ1) is 8.08. The summed E-state index contributed by atoms with van der Waals surface area (Å²) < 4.78 is 13.3. The van der Waals surface area contributed by atoms with Gasteiger partial charge >= 0.3 is 0 Å². The average molecular weight is 238 g/mol. The first-order valence-electron chi connectivity index (χ1n) is 5.60. The van der Waals surface area contributed by atoms with Gasteiger partial charge in [-0.25, -0.2) is 4.39 Å². The van der Waals surface area contributed by atoms with Crippen LogP contribution in [0, 0.1) is 11.7 Å². The second-order valence-corrected chi connectivity index (χ2v) is 4.38. The Labute approximate surface area is 98.6 Å². The van der Waals surface area contributed by atoms with Crippen molar-refractivity contribution in [3.8, 4) is 5.75 Å². The van der Waals surface area contributed by atoms with Crippen LogP contribution in [0.25, 0.3) is 0 Å². The van der Waals surface area contributed by atoms with Crippen molar-refractivity contribution < 1.29 is 14.3 Å². The first kappa shape index (κ1) is 11.9. The van der Waals surface area contributed by atoms with E-state index in [1.807, 2.05) is 0 Å². The van der Waals surface area contributed by atoms with E-state index in [1.54, 1.807) is 0 Å². The van der Waals surface area contributed by atoms with Crippen molar-refractivity contribution in [2.75, 3.05) is 6.54 Å². The summed E-state index contributed by atoms with van der Waals surface area (Å²) in [4.78, 5) is 11.6. The van der Waals surface area contributed by atoms with Crippen LogP contribution in [0.2, 0.25) is 0 Å². The SMILES string of the molecule is NC(CNC(=O)c1ccc(O)cc1F)C1CC1. The van der Waals surface area contributed by atoms with Crippen molar-refractivity contribution in [1.82, 2.24) is 5.32 Å². The zero-order valence-corrected chi connectivity index (χ0v) is 9.32. The Morgan fingerprint density at radius 2 is 2.29 bits per heavy atom. The molecule has 0 spiro atoms. The van der Waals surface area contributed by atoms with Gasteiger partial charge in [-0.3, -0.25) is 4.79 Å². The standard InChI is InChI=1S/C12H15FN2O2/c13-10-5-8(16)3-4-9(10)12(17)15-6-11(14)7-1-2-7/h3-5,7,11,16H,1-2,6,14H2,(H,15,17). The fourth-order valence-corrected chi connectivity index (χ4v) is 1.68. The summed E-state index contributed by atoms with van der Waals surface area (Å²) in [6.45, 7) is 0.351. The summed E-state index contributed by atoms with van der Waals surface area (Å²) in [5.41, 5.74) is 5.74. The Morgan fingerprint density at radius 3 is 2.88 bits per heavy atom. The fraction of sp³-hybridized carbons (Fsp3) is 0.417. The monoisotopic (exact) mass is 238 g/mol. The lowest BCUT2D eigenvalue weighted by Crippen LogP contribution is -2.38. The summed E-state index contributed by atoms with van der Waals surface area (Å²) >= 11 is 0. The Bertz CT molecular complexity index is 433. The van der Waals surface area contributed by atoms with Crippen molar-refractivity contribution in [2.24, 2.45) is 11.7 Å². The van der Waals surface area contributed by atoms with E-state index in [1.165, 1.54) is 12.1 Å². The van der Waals surface area contributed by atoms with Gasteiger partial charge in [-0.1, -0.05) is 0 Å². The number of nitrogens with one attached hydrogen (secondary N) is 1. The van der Waals surface area contributed by atoms with Crippen LogP contribution in [-0.2, 0) is 0 Å². The molecule has 0 aromatic heterocycles. The number of phenols is 1. The van der Waals surface area contributed by atoms with Gasteiger partial charge in [-0.15, -0.1) is 0 Å². The molecule has 0 aliphatic heterocycles. The fourth-order valence-electron chi connectivity index (χ4n) is 1.68. The van der Waals surface area contributed by atoms with Gasteiger partial charge in [0.05, 0.1) is 5.56 Å². The molecule has 0 radical (unpaired) electrons. The second kappa shape index (κ2) is 4.71. The van der Waals surface area contributed by atoms with Crippen molar-refractivity contribution >= 4 is 5.91 Å². The zero-order valence-electron chi connectivity index (χ0n) is 9.32. The molecule has 2 rings (SSSR count). The van der Waals surface area contributed by atoms with Crippen LogP contribution in [0.15, 0.2) is 18.2 Å². The number of rotatable bonds is 4. The topological polar surface area (TPSA) is 75.3 Å². The van der Waals surface area contributed by atoms with Crippen molar-refractivity contribution in [1.29, 1.82) is 0 Å². The van der Waals surface area contributed by atoms with Gasteiger partial charge in [0.15, 0.2) is 0 Å². The number of carbonyl (C=O) groups is 1. The molecule has 5 heteroatoms. The molecule has 0 saturated heterocycles. The number of amides is 1. The van der Waals surface area contributed by atoms with Crippen LogP contribution in [0.1, 0.15) is 23.2 Å². The van der Waals surface area contributed by atoms with Gasteiger partial charge in [-0.05, 0) is 30.9 Å². The molecule has 1 saturated carbocycles. The maximum atomic E-state index is 13.3. The summed E-state index contributed by atoms with van der Waals surface area (Å²) in [5, 5.41) is 11.6. The molecule has 0 bridgehead atoms. The molecule has 1 aliphatic carbocycles. The molecule has 1 aromatic carbocycles. The van der Waals surface area contributed by atoms with Crippen molar-refractivity contribution in [3.05, 3.63) is 29.6 Å². The molecular weight excluding hydrogens is 223 g/mol. The van der Waals surface area contributed by atoms with Gasteiger partial charge in [0.2, 0.25) is 0 Å². The van der Waals surface area contributed by atoms with Gasteiger partial charge in [-0.2, -0.15) is 0 Å². The molecule has 0 heterocycles. The molecule has 1 aromatic rings. The quantitative estimate of drug-likeness (QED) is 0.732. The summed E-state index contributed by atoms with van der Waals surface area (Å²) in [5.74, 6) is -0.949. The minimum Gasteiger partial charge on any atom is -0.508 e. The number of carbonyl (C=O) groups excluding carboxylic acids is 1. The third-order valence-electron chi connectivity index (χ3n) is 2.92. The molecule has 1 atom stereocenters. The maximum absolute atomic E-state index is 13.3. The molecule has 4 nitrogen and oxygen atoms in total. The molecule has 92 valence electrons. The van der Waals surface area contributed by atoms with Crippen LogP contribution in [0.4, 0.5) is 4.39 Å². The van der Waals surface area contributed by atoms with E-state index in [4.69, 9.17) is 10.8 Å². The molecule has 17 heavy (non-hydrogen) atoms. The van der Waals surface area contributed by atoms with Crippen molar-refractivity contribution in [2.45, 2.75) is 18.9 Å². The highest BCUT2D eigenvalue weighted by molar-refractivity contribution is 5.94. The Hall–Kier alpha value is -1.62. The van der Waals surface area contributed by atoms with E-state index < -0.39 is 11.7 Å². The van der Waals surface area contributed by atoms with Crippen LogP contribution in [0.5, 0.6) is 5.75 Å². The number of halogens is 1. The van der Waals surface area contributed by atoms with E-state index in [0.29, 0.717) is 12.5 Å². The van der Waals surface area contributed by atoms with Crippen LogP contribution in [0.3, 0.4) is 0 Å². The lowest BCUT2D eigenvalue weighted by Gasteiger charge is -2.11. The largest absolute Gasteiger partial charge is 0.508 e. The van der Waals surface area contributed by atoms with E-state index in [9.17, 15) is 9.18 Å². The predicted octanol–water partition coefficient (Wildman–Crippen LogP) is 0.998. The highest BCUT2D eigenvalue weighted by Gasteiger charge is 2.28. The molecule has 1 aliphatic rings. The third-order valence-corrected chi connectivity index (χ3v) is 2.92. The maximum Gasteiger partial charge on any atom is 0.254 e. The highest BCUT2D eigenvalue weighted by atomic mass is 19.1. The molecule has 1 unspecified atom stereocenters. The molecular formula is C12H15FN2O2. The van der Waals surface area contributed by atoms with Crippen LogP contribution < -0.4 is 11.1 Å². The van der Waals surface area contributed by atoms with Gasteiger partial charge in [0.1, 0.15) is 11.6 Å². The van der Waals surface area contributed by atoms with E-state index in [0.717, 1.165) is 18.9 Å². The van der Waals surface area contributed by atoms with Gasteiger partial charge in [0, 0.05) is 18.7 Å². The van der Waals surface area contributed by atoms with E-state index in [2.05, 4.69) is 5.32 Å². The minimum absolute atomic E-state index is 0.0564. The molecule has 4 N–H and O–H groups in total. The summed E-state index contributed by atoms with van der Waals surface area (Å²) in [6.07, 6.45) is 2.20. The van der Waals surface area contributed by atoms with E-state index >= 15 is 0 Å². The summed E-state index contributed by atoms with van der Waals surface area (Å²) in [7, 11) is 0. The number of phenolic OH excluding ortho intramolecular Hbond substituents is 1. The lowest BCUT2D eigenvalue weighted by molar-refractivity contribution is 0.0946. The zero-order chi connectivity index (χ0) is 12.4. The lowest BCUT2D eigenvalue weighted by atomic mass is 10.1. The Balaban J connectivity index is 1.94. The normalized spacial score (nSPS) is 16.6. The molecule has 1 amide bonds. The predicted molar refractivity (Wildman–Crippen MR) is 61.1 cm³/mol. The van der Waals surface area contributed by atoms with Crippen LogP contribution >= 0.6 is 0 Å². The van der Waals surface area contributed by atoms with Crippen LogP contribution in [-0.4, -0.2) is 23.6 Å². The first-order valence-corrected chi connectivity index (χ1v) is 5.60. The summed E-state index contributed by atoms with van der Waals surface area (Å²) in [6, 6.07) is 3.39. The van der Waals surface area contributed by atoms with E-state index in [-0.39, 0.29) is 17.4 Å². The van der Waals surface area contributed by atoms with Gasteiger partial charge < -0.3 is 16.2 Å². The third kappa shape index (κ3) is 2.94. The highest BCUT2D eigenvalue weighted by Crippen LogP contribution is 2.31. The smallest absolute Gasteiger partial charge is 0.254 e. The molecule has 1 fully saturated rings. The number of hydrogen-bond acceptors (Lipinski definition) is 3. The average Bonchev–Trinajstić information content (AvgIpc) is 3.09. The second-order valence-electron chi connectivity index (χ2n) is 4.38. The van der Waals surface area contributed by atoms with Gasteiger partial charge in [0.25, 0.3) is 5.91 Å². The number of hydrogen-bond donors (Lipinski definition) is 3.